The molecule has 1 saturated heterocycles. The van der Waals surface area contributed by atoms with Crippen molar-refractivity contribution < 1.29 is 9.53 Å². The predicted octanol–water partition coefficient (Wildman–Crippen LogP) is 2.62. The summed E-state index contributed by atoms with van der Waals surface area (Å²) in [5.41, 5.74) is 4.08. The monoisotopic (exact) mass is 414 g/mol. The Bertz CT molecular complexity index is 1250. The van der Waals surface area contributed by atoms with Crippen LogP contribution >= 0.6 is 0 Å². The molecular formula is C23H22N6O2. The van der Waals surface area contributed by atoms with Crippen LogP contribution in [0.1, 0.15) is 34.6 Å². The number of aromatic nitrogens is 5. The van der Waals surface area contributed by atoms with Gasteiger partial charge in [0.25, 0.3) is 5.91 Å². The molecule has 0 atom stereocenters. The van der Waals surface area contributed by atoms with Crippen molar-refractivity contribution in [3.05, 3.63) is 78.0 Å². The van der Waals surface area contributed by atoms with Crippen molar-refractivity contribution in [3.63, 3.8) is 0 Å². The van der Waals surface area contributed by atoms with Gasteiger partial charge in [-0.3, -0.25) is 4.79 Å². The van der Waals surface area contributed by atoms with Crippen LogP contribution in [0.5, 0.6) is 0 Å². The fraction of sp³-hybridized carbons (Fsp3) is 0.304. The van der Waals surface area contributed by atoms with Crippen LogP contribution in [-0.4, -0.2) is 54.9 Å². The van der Waals surface area contributed by atoms with Crippen molar-refractivity contribution in [2.75, 3.05) is 19.7 Å². The molecule has 156 valence electrons. The maximum absolute atomic E-state index is 13.2. The summed E-state index contributed by atoms with van der Waals surface area (Å²) in [6.45, 7) is 1.91. The molecule has 6 rings (SSSR count). The van der Waals surface area contributed by atoms with Crippen molar-refractivity contribution in [2.24, 2.45) is 0 Å². The molecule has 2 aliphatic heterocycles. The number of rotatable bonds is 2. The summed E-state index contributed by atoms with van der Waals surface area (Å²) in [5.74, 6) is -0.0307. The average Bonchev–Trinajstić information content (AvgIpc) is 3.48. The Morgan fingerprint density at radius 2 is 1.87 bits per heavy atom. The number of benzene rings is 1. The second-order valence-electron chi connectivity index (χ2n) is 8.11. The largest absolute Gasteiger partial charge is 0.368 e. The Hall–Kier alpha value is -3.52. The number of hydrogen-bond donors (Lipinski definition) is 0. The molecule has 5 heterocycles. The molecule has 1 aromatic carbocycles. The summed E-state index contributed by atoms with van der Waals surface area (Å²) in [6.07, 6.45) is 5.91. The predicted molar refractivity (Wildman–Crippen MR) is 113 cm³/mol. The first-order chi connectivity index (χ1) is 15.2. The topological polar surface area (TPSA) is 77.5 Å². The summed E-state index contributed by atoms with van der Waals surface area (Å²) in [7, 11) is 0. The van der Waals surface area contributed by atoms with E-state index >= 15 is 0 Å². The molecule has 0 unspecified atom stereocenters. The number of pyridine rings is 1. The van der Waals surface area contributed by atoms with Gasteiger partial charge in [-0.15, -0.1) is 0 Å². The highest BCUT2D eigenvalue weighted by Crippen LogP contribution is 2.41. The molecule has 0 radical (unpaired) electrons. The van der Waals surface area contributed by atoms with E-state index in [4.69, 9.17) is 9.84 Å². The molecule has 0 aliphatic carbocycles. The number of carbonyl (C=O) groups excluding carboxylic acids is 1. The van der Waals surface area contributed by atoms with E-state index in [0.717, 1.165) is 30.6 Å². The number of carbonyl (C=O) groups is 1. The van der Waals surface area contributed by atoms with Gasteiger partial charge in [-0.25, -0.2) is 14.2 Å². The molecule has 2 aliphatic rings. The van der Waals surface area contributed by atoms with E-state index in [9.17, 15) is 4.79 Å². The minimum atomic E-state index is -0.427. The molecule has 0 bridgehead atoms. The molecule has 3 aromatic heterocycles. The number of para-hydroxylation sites is 1. The molecule has 31 heavy (non-hydrogen) atoms. The smallest absolute Gasteiger partial charge is 0.272 e. The number of likely N-dealkylation sites (tertiary alicyclic amines) is 1. The quantitative estimate of drug-likeness (QED) is 0.504. The van der Waals surface area contributed by atoms with Gasteiger partial charge < -0.3 is 9.64 Å². The van der Waals surface area contributed by atoms with Crippen LogP contribution in [0.4, 0.5) is 0 Å². The SMILES string of the molecule is O=C(c1cccc2ncnn12)N1CCC2(CC1)OCCc1cn(-c3ccccc3)nc12. The normalized spacial score (nSPS) is 17.7. The van der Waals surface area contributed by atoms with E-state index in [1.54, 1.807) is 10.6 Å². The maximum Gasteiger partial charge on any atom is 0.272 e. The van der Waals surface area contributed by atoms with E-state index in [1.165, 1.54) is 11.9 Å². The fourth-order valence-corrected chi connectivity index (χ4v) is 4.74. The zero-order chi connectivity index (χ0) is 20.8. The van der Waals surface area contributed by atoms with Gasteiger partial charge in [0.15, 0.2) is 5.65 Å². The second-order valence-corrected chi connectivity index (χ2v) is 8.11. The van der Waals surface area contributed by atoms with Crippen molar-refractivity contribution >= 4 is 11.6 Å². The Labute approximate surface area is 179 Å². The van der Waals surface area contributed by atoms with Gasteiger partial charge >= 0.3 is 0 Å². The number of nitrogens with zero attached hydrogens (tertiary/aromatic N) is 6. The van der Waals surface area contributed by atoms with E-state index in [1.807, 2.05) is 39.9 Å². The van der Waals surface area contributed by atoms with Crippen LogP contribution in [0.25, 0.3) is 11.3 Å². The van der Waals surface area contributed by atoms with Crippen LogP contribution in [0.2, 0.25) is 0 Å². The van der Waals surface area contributed by atoms with Crippen LogP contribution in [0.3, 0.4) is 0 Å². The fourth-order valence-electron chi connectivity index (χ4n) is 4.74. The van der Waals surface area contributed by atoms with E-state index in [-0.39, 0.29) is 5.91 Å². The molecule has 0 saturated carbocycles. The van der Waals surface area contributed by atoms with Crippen molar-refractivity contribution in [2.45, 2.75) is 24.9 Å². The highest BCUT2D eigenvalue weighted by molar-refractivity contribution is 5.93. The van der Waals surface area contributed by atoms with Gasteiger partial charge in [0.1, 0.15) is 17.6 Å². The van der Waals surface area contributed by atoms with Gasteiger partial charge in [0.2, 0.25) is 0 Å². The highest BCUT2D eigenvalue weighted by atomic mass is 16.5. The lowest BCUT2D eigenvalue weighted by molar-refractivity contribution is -0.0963. The van der Waals surface area contributed by atoms with Crippen LogP contribution in [0.15, 0.2) is 61.1 Å². The van der Waals surface area contributed by atoms with Gasteiger partial charge in [0, 0.05) is 19.3 Å². The first-order valence-corrected chi connectivity index (χ1v) is 10.6. The lowest BCUT2D eigenvalue weighted by Gasteiger charge is -2.42. The molecule has 8 nitrogen and oxygen atoms in total. The van der Waals surface area contributed by atoms with E-state index in [2.05, 4.69) is 28.4 Å². The van der Waals surface area contributed by atoms with E-state index in [0.29, 0.717) is 31.0 Å². The zero-order valence-electron chi connectivity index (χ0n) is 17.0. The van der Waals surface area contributed by atoms with Gasteiger partial charge in [-0.05, 0) is 49.1 Å². The molecule has 1 amide bonds. The number of fused-ring (bicyclic) bond motifs is 3. The number of ether oxygens (including phenoxy) is 1. The third kappa shape index (κ3) is 2.94. The van der Waals surface area contributed by atoms with Crippen molar-refractivity contribution in [3.8, 4) is 5.69 Å². The second kappa shape index (κ2) is 7.02. The molecule has 1 spiro atoms. The number of piperidine rings is 1. The van der Waals surface area contributed by atoms with Crippen molar-refractivity contribution in [1.29, 1.82) is 0 Å². The third-order valence-corrected chi connectivity index (χ3v) is 6.37. The molecule has 8 heteroatoms. The minimum Gasteiger partial charge on any atom is -0.368 e. The molecule has 0 N–H and O–H groups in total. The Kier molecular flexibility index (Phi) is 4.14. The first kappa shape index (κ1) is 18.3. The summed E-state index contributed by atoms with van der Waals surface area (Å²) >= 11 is 0. The van der Waals surface area contributed by atoms with E-state index < -0.39 is 5.60 Å². The number of hydrogen-bond acceptors (Lipinski definition) is 5. The first-order valence-electron chi connectivity index (χ1n) is 10.6. The molecular weight excluding hydrogens is 392 g/mol. The highest BCUT2D eigenvalue weighted by Gasteiger charge is 2.44. The summed E-state index contributed by atoms with van der Waals surface area (Å²) in [6, 6.07) is 15.6. The van der Waals surface area contributed by atoms with Gasteiger partial charge in [-0.1, -0.05) is 24.3 Å². The maximum atomic E-state index is 13.2. The summed E-state index contributed by atoms with van der Waals surface area (Å²) in [5, 5.41) is 9.13. The lowest BCUT2D eigenvalue weighted by atomic mass is 9.83. The number of amides is 1. The van der Waals surface area contributed by atoms with Crippen LogP contribution in [-0.2, 0) is 16.8 Å². The summed E-state index contributed by atoms with van der Waals surface area (Å²) < 4.78 is 9.88. The molecule has 4 aromatic rings. The van der Waals surface area contributed by atoms with Crippen LogP contribution < -0.4 is 0 Å². The van der Waals surface area contributed by atoms with Gasteiger partial charge in [-0.2, -0.15) is 10.2 Å². The standard InChI is InChI=1S/C23H22N6O2/c30-22(19-7-4-8-20-24-16-25-29(19)20)27-12-10-23(11-13-27)21-17(9-14-31-23)15-28(26-21)18-5-2-1-3-6-18/h1-8,15-16H,9-14H2. The lowest BCUT2D eigenvalue weighted by Crippen LogP contribution is -2.48. The zero-order valence-corrected chi connectivity index (χ0v) is 17.0. The Morgan fingerprint density at radius 1 is 1.03 bits per heavy atom. The third-order valence-electron chi connectivity index (χ3n) is 6.37. The average molecular weight is 414 g/mol. The molecule has 1 fully saturated rings. The van der Waals surface area contributed by atoms with Gasteiger partial charge in [0.05, 0.1) is 18.0 Å². The Balaban J connectivity index is 1.26. The van der Waals surface area contributed by atoms with Crippen LogP contribution in [0, 0.1) is 0 Å². The Morgan fingerprint density at radius 3 is 2.71 bits per heavy atom. The summed E-state index contributed by atoms with van der Waals surface area (Å²) in [4.78, 5) is 19.3. The van der Waals surface area contributed by atoms with Crippen molar-refractivity contribution in [1.82, 2.24) is 29.3 Å². The minimum absolute atomic E-state index is 0.0307.